The van der Waals surface area contributed by atoms with Crippen molar-refractivity contribution in [2.75, 3.05) is 17.2 Å². The zero-order valence-electron chi connectivity index (χ0n) is 20.8. The molecule has 0 fully saturated rings. The van der Waals surface area contributed by atoms with Crippen molar-refractivity contribution in [2.45, 2.75) is 39.0 Å². The number of aryl methyl sites for hydroxylation is 1. The Balaban J connectivity index is 1.48. The number of ketones is 1. The minimum Gasteiger partial charge on any atom is -0.466 e. The Morgan fingerprint density at radius 2 is 1.89 bits per heavy atom. The highest BCUT2D eigenvalue weighted by atomic mass is 19.1. The Morgan fingerprint density at radius 3 is 2.66 bits per heavy atom. The third-order valence-corrected chi connectivity index (χ3v) is 6.66. The van der Waals surface area contributed by atoms with E-state index in [1.165, 1.54) is 24.3 Å². The van der Waals surface area contributed by atoms with Crippen LogP contribution < -0.4 is 10.6 Å². The number of H-pyrrole nitrogens is 1. The maximum absolute atomic E-state index is 13.2. The molecule has 2 heterocycles. The lowest BCUT2D eigenvalue weighted by Gasteiger charge is -2.11. The van der Waals surface area contributed by atoms with Crippen LogP contribution in [0.5, 0.6) is 0 Å². The van der Waals surface area contributed by atoms with E-state index in [-0.39, 0.29) is 30.7 Å². The van der Waals surface area contributed by atoms with Gasteiger partial charge in [-0.2, -0.15) is 0 Å². The predicted molar refractivity (Wildman–Crippen MR) is 140 cm³/mol. The first-order chi connectivity index (χ1) is 18.3. The maximum Gasteiger partial charge on any atom is 0.306 e. The summed E-state index contributed by atoms with van der Waals surface area (Å²) in [6, 6.07) is 10.2. The molecule has 2 aliphatic rings. The van der Waals surface area contributed by atoms with Crippen LogP contribution in [0.15, 0.2) is 42.5 Å². The van der Waals surface area contributed by atoms with Crippen LogP contribution >= 0.6 is 0 Å². The van der Waals surface area contributed by atoms with E-state index >= 15 is 0 Å². The molecule has 194 valence electrons. The number of esters is 1. The van der Waals surface area contributed by atoms with E-state index in [9.17, 15) is 23.6 Å². The molecule has 0 saturated heterocycles. The molecule has 0 spiro atoms. The van der Waals surface area contributed by atoms with Crippen LogP contribution in [0, 0.1) is 5.82 Å². The summed E-state index contributed by atoms with van der Waals surface area (Å²) in [4.78, 5) is 53.7. The number of anilines is 2. The van der Waals surface area contributed by atoms with Crippen LogP contribution in [0.3, 0.4) is 0 Å². The SMILES string of the molecule is CCOC(=O)CCc1c(/C=C2\C(=O)Nc3ccc(NC(=O)c4ccc(F)cc4)cc32)[nH]c2c1C(=O)CCC2. The summed E-state index contributed by atoms with van der Waals surface area (Å²) >= 11 is 0. The number of ether oxygens (including phenoxy) is 1. The van der Waals surface area contributed by atoms with Crippen LogP contribution in [0.4, 0.5) is 15.8 Å². The number of fused-ring (bicyclic) bond motifs is 2. The molecule has 3 aromatic rings. The van der Waals surface area contributed by atoms with E-state index in [2.05, 4.69) is 15.6 Å². The largest absolute Gasteiger partial charge is 0.466 e. The number of hydrogen-bond donors (Lipinski definition) is 3. The second-order valence-corrected chi connectivity index (χ2v) is 9.19. The van der Waals surface area contributed by atoms with Crippen molar-refractivity contribution >= 4 is 46.6 Å². The topological polar surface area (TPSA) is 117 Å². The Bertz CT molecular complexity index is 1490. The average Bonchev–Trinajstić information content (AvgIpc) is 3.40. The molecule has 0 unspecified atom stereocenters. The molecular weight excluding hydrogens is 489 g/mol. The van der Waals surface area contributed by atoms with Crippen molar-refractivity contribution in [1.29, 1.82) is 0 Å². The van der Waals surface area contributed by atoms with E-state index in [1.807, 2.05) is 0 Å². The van der Waals surface area contributed by atoms with Gasteiger partial charge in [0.15, 0.2) is 5.78 Å². The van der Waals surface area contributed by atoms with E-state index in [4.69, 9.17) is 4.74 Å². The molecular formula is C29H26FN3O5. The number of Topliss-reactive ketones (excluding diaryl/α,β-unsaturated/α-hetero) is 1. The van der Waals surface area contributed by atoms with Crippen molar-refractivity contribution in [3.8, 4) is 0 Å². The number of carbonyl (C=O) groups excluding carboxylic acids is 4. The van der Waals surface area contributed by atoms with Crippen molar-refractivity contribution in [3.05, 3.63) is 81.9 Å². The average molecular weight is 516 g/mol. The van der Waals surface area contributed by atoms with Crippen LogP contribution in [-0.4, -0.2) is 35.2 Å². The lowest BCUT2D eigenvalue weighted by atomic mass is 9.91. The highest BCUT2D eigenvalue weighted by Gasteiger charge is 2.29. The number of benzene rings is 2. The molecule has 1 aromatic heterocycles. The molecule has 0 atom stereocenters. The van der Waals surface area contributed by atoms with Crippen LogP contribution in [-0.2, 0) is 27.2 Å². The zero-order valence-corrected chi connectivity index (χ0v) is 20.8. The van der Waals surface area contributed by atoms with E-state index < -0.39 is 11.7 Å². The minimum atomic E-state index is -0.437. The van der Waals surface area contributed by atoms with Crippen LogP contribution in [0.1, 0.15) is 69.4 Å². The Kier molecular flexibility index (Phi) is 6.91. The van der Waals surface area contributed by atoms with Gasteiger partial charge in [0, 0.05) is 52.3 Å². The number of hydrogen-bond acceptors (Lipinski definition) is 5. The number of amides is 2. The summed E-state index contributed by atoms with van der Waals surface area (Å²) in [7, 11) is 0. The summed E-state index contributed by atoms with van der Waals surface area (Å²) < 4.78 is 18.3. The monoisotopic (exact) mass is 515 g/mol. The number of nitrogens with one attached hydrogen (secondary N) is 3. The van der Waals surface area contributed by atoms with Gasteiger partial charge < -0.3 is 20.4 Å². The van der Waals surface area contributed by atoms with Crippen LogP contribution in [0.2, 0.25) is 0 Å². The highest BCUT2D eigenvalue weighted by Crippen LogP contribution is 2.37. The number of carbonyl (C=O) groups is 4. The van der Waals surface area contributed by atoms with Gasteiger partial charge in [0.1, 0.15) is 5.82 Å². The molecule has 0 radical (unpaired) electrons. The fourth-order valence-electron chi connectivity index (χ4n) is 4.89. The highest BCUT2D eigenvalue weighted by molar-refractivity contribution is 6.35. The van der Waals surface area contributed by atoms with E-state index in [0.717, 1.165) is 12.1 Å². The van der Waals surface area contributed by atoms with Gasteiger partial charge in [-0.3, -0.25) is 19.2 Å². The summed E-state index contributed by atoms with van der Waals surface area (Å²) in [5, 5.41) is 5.60. The standard InChI is InChI=1S/C29H26FN3O5/c1-2-38-26(35)13-11-19-24(32-23-4-3-5-25(34)27(19)23)15-21-20-14-18(10-12-22(20)33-29(21)37)31-28(36)16-6-8-17(30)9-7-16/h6-10,12,14-15,32H,2-5,11,13H2,1H3,(H,31,36)(H,33,37)/b21-15-. The van der Waals surface area contributed by atoms with E-state index in [0.29, 0.717) is 64.2 Å². The second kappa shape index (κ2) is 10.5. The normalized spacial score (nSPS) is 15.2. The molecule has 1 aliphatic heterocycles. The Morgan fingerprint density at radius 1 is 1.11 bits per heavy atom. The quantitative estimate of drug-likeness (QED) is 0.305. The third kappa shape index (κ3) is 5.00. The van der Waals surface area contributed by atoms with Crippen LogP contribution in [0.25, 0.3) is 11.6 Å². The summed E-state index contributed by atoms with van der Waals surface area (Å²) in [6.45, 7) is 2.01. The molecule has 2 amide bonds. The van der Waals surface area contributed by atoms with Crippen molar-refractivity contribution < 1.29 is 28.3 Å². The molecule has 1 aliphatic carbocycles. The van der Waals surface area contributed by atoms with Gasteiger partial charge >= 0.3 is 5.97 Å². The first-order valence-electron chi connectivity index (χ1n) is 12.5. The van der Waals surface area contributed by atoms with Gasteiger partial charge in [-0.15, -0.1) is 0 Å². The van der Waals surface area contributed by atoms with Gasteiger partial charge in [-0.05, 0) is 80.3 Å². The third-order valence-electron chi connectivity index (χ3n) is 6.66. The van der Waals surface area contributed by atoms with Crippen molar-refractivity contribution in [1.82, 2.24) is 4.98 Å². The minimum absolute atomic E-state index is 0.0214. The Labute approximate surface area is 218 Å². The molecule has 0 saturated carbocycles. The van der Waals surface area contributed by atoms with Gasteiger partial charge in [0.25, 0.3) is 11.8 Å². The number of aromatic nitrogens is 1. The fraction of sp³-hybridized carbons (Fsp3) is 0.241. The molecule has 2 aromatic carbocycles. The second-order valence-electron chi connectivity index (χ2n) is 9.19. The number of rotatable bonds is 7. The fourth-order valence-corrected chi connectivity index (χ4v) is 4.89. The van der Waals surface area contributed by atoms with Gasteiger partial charge in [-0.1, -0.05) is 0 Å². The molecule has 8 nitrogen and oxygen atoms in total. The molecule has 38 heavy (non-hydrogen) atoms. The molecule has 0 bridgehead atoms. The number of halogens is 1. The van der Waals surface area contributed by atoms with Crippen molar-refractivity contribution in [2.24, 2.45) is 0 Å². The lowest BCUT2D eigenvalue weighted by Crippen LogP contribution is -2.12. The lowest BCUT2D eigenvalue weighted by molar-refractivity contribution is -0.143. The zero-order chi connectivity index (χ0) is 26.8. The molecule has 5 rings (SSSR count). The van der Waals surface area contributed by atoms with Gasteiger partial charge in [0.05, 0.1) is 12.2 Å². The smallest absolute Gasteiger partial charge is 0.306 e. The summed E-state index contributed by atoms with van der Waals surface area (Å²) in [5.74, 6) is -1.50. The predicted octanol–water partition coefficient (Wildman–Crippen LogP) is 4.91. The number of aromatic amines is 1. The summed E-state index contributed by atoms with van der Waals surface area (Å²) in [6.07, 6.45) is 3.99. The van der Waals surface area contributed by atoms with Gasteiger partial charge in [0.2, 0.25) is 0 Å². The summed E-state index contributed by atoms with van der Waals surface area (Å²) in [5.41, 5.74) is 5.01. The first kappa shape index (κ1) is 25.1. The van der Waals surface area contributed by atoms with Gasteiger partial charge in [-0.25, -0.2) is 4.39 Å². The Hall–Kier alpha value is -4.53. The maximum atomic E-state index is 13.2. The van der Waals surface area contributed by atoms with Crippen molar-refractivity contribution in [3.63, 3.8) is 0 Å². The van der Waals surface area contributed by atoms with E-state index in [1.54, 1.807) is 31.2 Å². The molecule has 9 heteroatoms. The molecule has 3 N–H and O–H groups in total. The first-order valence-corrected chi connectivity index (χ1v) is 12.5.